The number of nitrogens with one attached hydrogen (secondary N) is 2. The normalized spacial score (nSPS) is 27.6. The molecule has 2 N–H and O–H groups in total. The third-order valence-corrected chi connectivity index (χ3v) is 4.47. The minimum atomic E-state index is -3.36. The Morgan fingerprint density at radius 3 is 2.40 bits per heavy atom. The number of carbonyl (C=O) groups excluding carboxylic acids is 2. The van der Waals surface area contributed by atoms with Gasteiger partial charge in [0.15, 0.2) is 0 Å². The topological polar surface area (TPSA) is 92.3 Å². The van der Waals surface area contributed by atoms with Gasteiger partial charge in [0.1, 0.15) is 6.04 Å². The van der Waals surface area contributed by atoms with Crippen molar-refractivity contribution < 1.29 is 18.0 Å². The molecule has 1 atom stereocenters. The van der Waals surface area contributed by atoms with E-state index in [0.29, 0.717) is 12.8 Å². The smallest absolute Gasteiger partial charge is 0.244 e. The number of imide groups is 1. The zero-order chi connectivity index (χ0) is 11.1. The van der Waals surface area contributed by atoms with E-state index in [4.69, 9.17) is 0 Å². The molecular formula is C8H12N2O4S. The molecule has 2 fully saturated rings. The van der Waals surface area contributed by atoms with Gasteiger partial charge in [0.2, 0.25) is 21.8 Å². The van der Waals surface area contributed by atoms with Crippen molar-refractivity contribution >= 4 is 21.8 Å². The third kappa shape index (κ3) is 2.35. The lowest BCUT2D eigenvalue weighted by atomic mass is 10.1. The molecule has 0 aromatic rings. The number of hydrogen-bond donors (Lipinski definition) is 2. The highest BCUT2D eigenvalue weighted by atomic mass is 32.2. The Morgan fingerprint density at radius 2 is 1.87 bits per heavy atom. The fourth-order valence-corrected chi connectivity index (χ4v) is 3.05. The lowest BCUT2D eigenvalue weighted by Crippen LogP contribution is -2.52. The molecule has 2 rings (SSSR count). The van der Waals surface area contributed by atoms with Gasteiger partial charge in [-0.2, -0.15) is 0 Å². The van der Waals surface area contributed by atoms with Gasteiger partial charge in [0, 0.05) is 6.42 Å². The number of rotatable bonds is 3. The van der Waals surface area contributed by atoms with E-state index in [9.17, 15) is 18.0 Å². The molecule has 1 aliphatic heterocycles. The number of hydrogen-bond acceptors (Lipinski definition) is 4. The summed E-state index contributed by atoms with van der Waals surface area (Å²) in [5.74, 6) is -0.891. The van der Waals surface area contributed by atoms with Gasteiger partial charge < -0.3 is 0 Å². The van der Waals surface area contributed by atoms with Gasteiger partial charge in [-0.05, 0) is 19.3 Å². The maximum absolute atomic E-state index is 11.5. The van der Waals surface area contributed by atoms with Crippen LogP contribution in [-0.2, 0) is 19.6 Å². The molecule has 2 aliphatic rings. The summed E-state index contributed by atoms with van der Waals surface area (Å²) in [5, 5.41) is 1.76. The molecule has 2 amide bonds. The predicted octanol–water partition coefficient (Wildman–Crippen LogP) is -1.13. The highest BCUT2D eigenvalue weighted by molar-refractivity contribution is 7.90. The Morgan fingerprint density at radius 1 is 1.20 bits per heavy atom. The molecule has 1 saturated carbocycles. The summed E-state index contributed by atoms with van der Waals surface area (Å²) in [6.07, 6.45) is 1.74. The van der Waals surface area contributed by atoms with Crippen molar-refractivity contribution in [1.82, 2.24) is 10.0 Å². The van der Waals surface area contributed by atoms with E-state index in [2.05, 4.69) is 10.0 Å². The number of piperidine rings is 1. The van der Waals surface area contributed by atoms with E-state index in [1.807, 2.05) is 0 Å². The maximum Gasteiger partial charge on any atom is 0.244 e. The molecule has 0 spiro atoms. The van der Waals surface area contributed by atoms with E-state index < -0.39 is 22.0 Å². The molecule has 7 heteroatoms. The first-order chi connectivity index (χ1) is 6.99. The zero-order valence-electron chi connectivity index (χ0n) is 8.02. The monoisotopic (exact) mass is 232 g/mol. The van der Waals surface area contributed by atoms with E-state index in [1.54, 1.807) is 0 Å². The maximum atomic E-state index is 11.5. The van der Waals surface area contributed by atoms with Gasteiger partial charge in [-0.15, -0.1) is 0 Å². The number of amides is 2. The lowest BCUT2D eigenvalue weighted by molar-refractivity contribution is -0.134. The summed E-state index contributed by atoms with van der Waals surface area (Å²) in [5.41, 5.74) is 0. The first kappa shape index (κ1) is 10.6. The van der Waals surface area contributed by atoms with Crippen molar-refractivity contribution in [2.24, 2.45) is 0 Å². The lowest BCUT2D eigenvalue weighted by Gasteiger charge is -2.21. The van der Waals surface area contributed by atoms with E-state index in [-0.39, 0.29) is 24.0 Å². The second kappa shape index (κ2) is 3.57. The standard InChI is InChI=1S/C8H12N2O4S/c11-7-4-3-6(8(12)9-7)10-15(13,14)5-1-2-5/h5-6,10H,1-4H2,(H,9,11,12). The van der Waals surface area contributed by atoms with Crippen molar-refractivity contribution in [3.8, 4) is 0 Å². The minimum Gasteiger partial charge on any atom is -0.295 e. The predicted molar refractivity (Wildman–Crippen MR) is 51.2 cm³/mol. The van der Waals surface area contributed by atoms with Crippen molar-refractivity contribution in [3.63, 3.8) is 0 Å². The summed E-state index contributed by atoms with van der Waals surface area (Å²) >= 11 is 0. The molecule has 84 valence electrons. The van der Waals surface area contributed by atoms with Crippen LogP contribution in [0.3, 0.4) is 0 Å². The molecule has 0 aromatic carbocycles. The van der Waals surface area contributed by atoms with Crippen molar-refractivity contribution in [2.75, 3.05) is 0 Å². The number of sulfonamides is 1. The van der Waals surface area contributed by atoms with Crippen LogP contribution in [-0.4, -0.2) is 31.5 Å². The Labute approximate surface area is 87.5 Å². The zero-order valence-corrected chi connectivity index (χ0v) is 8.84. The number of carbonyl (C=O) groups is 2. The van der Waals surface area contributed by atoms with Crippen LogP contribution in [0.2, 0.25) is 0 Å². The summed E-state index contributed by atoms with van der Waals surface area (Å²) in [7, 11) is -3.36. The fourth-order valence-electron chi connectivity index (χ4n) is 1.48. The van der Waals surface area contributed by atoms with Crippen LogP contribution in [0, 0.1) is 0 Å². The molecule has 0 aromatic heterocycles. The molecule has 6 nitrogen and oxygen atoms in total. The van der Waals surface area contributed by atoms with Crippen LogP contribution in [0.5, 0.6) is 0 Å². The van der Waals surface area contributed by atoms with Gasteiger partial charge in [-0.25, -0.2) is 13.1 Å². The van der Waals surface area contributed by atoms with E-state index >= 15 is 0 Å². The van der Waals surface area contributed by atoms with Gasteiger partial charge >= 0.3 is 0 Å². The van der Waals surface area contributed by atoms with Crippen LogP contribution in [0.15, 0.2) is 0 Å². The van der Waals surface area contributed by atoms with Gasteiger partial charge in [0.25, 0.3) is 0 Å². The molecule has 1 saturated heterocycles. The quantitative estimate of drug-likeness (QED) is 0.602. The molecule has 15 heavy (non-hydrogen) atoms. The van der Waals surface area contributed by atoms with Crippen LogP contribution < -0.4 is 10.0 Å². The average Bonchev–Trinajstić information content (AvgIpc) is 2.92. The summed E-state index contributed by atoms with van der Waals surface area (Å²) in [4.78, 5) is 22.1. The second-order valence-corrected chi connectivity index (χ2v) is 5.86. The summed E-state index contributed by atoms with van der Waals surface area (Å²) in [6, 6.07) is -0.784. The van der Waals surface area contributed by atoms with Crippen molar-refractivity contribution in [3.05, 3.63) is 0 Å². The van der Waals surface area contributed by atoms with Crippen molar-refractivity contribution in [1.29, 1.82) is 0 Å². The van der Waals surface area contributed by atoms with Crippen LogP contribution in [0.1, 0.15) is 25.7 Å². The Bertz CT molecular complexity index is 399. The average molecular weight is 232 g/mol. The highest BCUT2D eigenvalue weighted by Gasteiger charge is 2.39. The molecular weight excluding hydrogens is 220 g/mol. The molecule has 1 unspecified atom stereocenters. The van der Waals surface area contributed by atoms with Gasteiger partial charge in [-0.1, -0.05) is 0 Å². The highest BCUT2D eigenvalue weighted by Crippen LogP contribution is 2.28. The minimum absolute atomic E-state index is 0.184. The van der Waals surface area contributed by atoms with Crippen LogP contribution in [0.25, 0.3) is 0 Å². The van der Waals surface area contributed by atoms with Gasteiger partial charge in [-0.3, -0.25) is 14.9 Å². The van der Waals surface area contributed by atoms with Gasteiger partial charge in [0.05, 0.1) is 5.25 Å². The second-order valence-electron chi connectivity index (χ2n) is 3.87. The SMILES string of the molecule is O=C1CCC(NS(=O)(=O)C2CC2)C(=O)N1. The van der Waals surface area contributed by atoms with Crippen LogP contribution in [0.4, 0.5) is 0 Å². The molecule has 0 bridgehead atoms. The first-order valence-corrected chi connectivity index (χ1v) is 6.38. The van der Waals surface area contributed by atoms with Crippen LogP contribution >= 0.6 is 0 Å². The molecule has 1 aliphatic carbocycles. The Balaban J connectivity index is 2.00. The van der Waals surface area contributed by atoms with E-state index in [0.717, 1.165) is 0 Å². The molecule has 0 radical (unpaired) electrons. The fraction of sp³-hybridized carbons (Fsp3) is 0.750. The third-order valence-electron chi connectivity index (χ3n) is 2.51. The largest absolute Gasteiger partial charge is 0.295 e. The Kier molecular flexibility index (Phi) is 2.51. The first-order valence-electron chi connectivity index (χ1n) is 4.84. The molecule has 1 heterocycles. The summed E-state index contributed by atoms with van der Waals surface area (Å²) in [6.45, 7) is 0. The van der Waals surface area contributed by atoms with Crippen molar-refractivity contribution in [2.45, 2.75) is 37.0 Å². The Hall–Kier alpha value is -0.950. The summed E-state index contributed by atoms with van der Waals surface area (Å²) < 4.78 is 25.4. The van der Waals surface area contributed by atoms with E-state index in [1.165, 1.54) is 0 Å².